The van der Waals surface area contributed by atoms with E-state index in [4.69, 9.17) is 4.74 Å². The van der Waals surface area contributed by atoms with Crippen molar-refractivity contribution in [3.63, 3.8) is 0 Å². The molecule has 0 aliphatic heterocycles. The molecule has 0 N–H and O–H groups in total. The summed E-state index contributed by atoms with van der Waals surface area (Å²) in [5, 5.41) is 11.0. The lowest BCUT2D eigenvalue weighted by atomic mass is 9.75. The van der Waals surface area contributed by atoms with Gasteiger partial charge in [-0.2, -0.15) is 0 Å². The molecule has 0 amide bonds. The number of carbonyl (C=O) groups is 1. The first kappa shape index (κ1) is 14.5. The van der Waals surface area contributed by atoms with Crippen LogP contribution in [0.5, 0.6) is 5.75 Å². The maximum absolute atomic E-state index is 12.1. The fourth-order valence-electron chi connectivity index (χ4n) is 3.01. The number of hydrogen-bond donors (Lipinski definition) is 0. The second-order valence-corrected chi connectivity index (χ2v) is 5.18. The maximum atomic E-state index is 12.1. The third-order valence-electron chi connectivity index (χ3n) is 3.97. The molecular formula is C15H19NO4. The summed E-state index contributed by atoms with van der Waals surface area (Å²) in [5.41, 5.74) is 0.770. The minimum absolute atomic E-state index is 0.147. The third-order valence-corrected chi connectivity index (χ3v) is 3.97. The molecule has 1 aliphatic carbocycles. The quantitative estimate of drug-likeness (QED) is 0.613. The Morgan fingerprint density at radius 1 is 1.40 bits per heavy atom. The standard InChI is InChI=1S/C15H19NO4/c1-20-15-9-5-3-7-12(15)13(10-16(18)19)11-6-2-4-8-14(11)17/h3,5,7,9,11,13H,2,4,6,8,10H2,1H3/t11-,13-/m0/s1. The first-order valence-electron chi connectivity index (χ1n) is 6.91. The number of Topliss-reactive ketones (excluding diaryl/α,β-unsaturated/α-hetero) is 1. The predicted octanol–water partition coefficient (Wildman–Crippen LogP) is 2.81. The lowest BCUT2D eigenvalue weighted by molar-refractivity contribution is -0.484. The Labute approximate surface area is 118 Å². The van der Waals surface area contributed by atoms with Crippen LogP contribution in [0, 0.1) is 16.0 Å². The zero-order valence-corrected chi connectivity index (χ0v) is 11.6. The molecule has 1 fully saturated rings. The number of methoxy groups -OCH3 is 1. The first-order chi connectivity index (χ1) is 9.63. The van der Waals surface area contributed by atoms with Crippen LogP contribution in [-0.2, 0) is 4.79 Å². The average molecular weight is 277 g/mol. The summed E-state index contributed by atoms with van der Waals surface area (Å²) in [5.74, 6) is 0.117. The predicted molar refractivity (Wildman–Crippen MR) is 74.6 cm³/mol. The average Bonchev–Trinajstić information content (AvgIpc) is 2.45. The van der Waals surface area contributed by atoms with Gasteiger partial charge < -0.3 is 4.74 Å². The van der Waals surface area contributed by atoms with Crippen LogP contribution in [0.4, 0.5) is 0 Å². The van der Waals surface area contributed by atoms with Gasteiger partial charge in [0, 0.05) is 22.8 Å². The first-order valence-corrected chi connectivity index (χ1v) is 6.91. The van der Waals surface area contributed by atoms with Crippen LogP contribution >= 0.6 is 0 Å². The fourth-order valence-corrected chi connectivity index (χ4v) is 3.01. The summed E-state index contributed by atoms with van der Waals surface area (Å²) in [7, 11) is 1.55. The van der Waals surface area contributed by atoms with E-state index in [1.165, 1.54) is 0 Å². The molecule has 2 atom stereocenters. The van der Waals surface area contributed by atoms with Crippen LogP contribution in [-0.4, -0.2) is 24.4 Å². The van der Waals surface area contributed by atoms with Gasteiger partial charge in [-0.3, -0.25) is 14.9 Å². The Kier molecular flexibility index (Phi) is 4.71. The third kappa shape index (κ3) is 3.15. The van der Waals surface area contributed by atoms with Gasteiger partial charge in [0.15, 0.2) is 0 Å². The van der Waals surface area contributed by atoms with Crippen molar-refractivity contribution in [1.29, 1.82) is 0 Å². The van der Waals surface area contributed by atoms with Crippen molar-refractivity contribution in [2.45, 2.75) is 31.6 Å². The SMILES string of the molecule is COc1ccccc1[C@@H](C[N+](=O)[O-])[C@@H]1CCCCC1=O. The molecule has 0 aromatic heterocycles. The van der Waals surface area contributed by atoms with Gasteiger partial charge in [-0.05, 0) is 18.9 Å². The minimum Gasteiger partial charge on any atom is -0.496 e. The molecule has 0 heterocycles. The summed E-state index contributed by atoms with van der Waals surface area (Å²) >= 11 is 0. The van der Waals surface area contributed by atoms with E-state index in [1.807, 2.05) is 18.2 Å². The highest BCUT2D eigenvalue weighted by atomic mass is 16.6. The molecule has 5 nitrogen and oxygen atoms in total. The highest BCUT2D eigenvalue weighted by Gasteiger charge is 2.35. The molecule has 0 saturated heterocycles. The summed E-state index contributed by atoms with van der Waals surface area (Å²) in [6.07, 6.45) is 3.12. The Morgan fingerprint density at radius 3 is 2.80 bits per heavy atom. The lowest BCUT2D eigenvalue weighted by Gasteiger charge is -2.27. The molecule has 2 rings (SSSR count). The number of ketones is 1. The number of nitrogens with zero attached hydrogens (tertiary/aromatic N) is 1. The lowest BCUT2D eigenvalue weighted by Crippen LogP contribution is -2.30. The molecule has 0 radical (unpaired) electrons. The normalized spacial score (nSPS) is 20.4. The van der Waals surface area contributed by atoms with E-state index < -0.39 is 5.92 Å². The van der Waals surface area contributed by atoms with Crippen molar-refractivity contribution in [3.05, 3.63) is 39.9 Å². The number of hydrogen-bond acceptors (Lipinski definition) is 4. The van der Waals surface area contributed by atoms with Crippen molar-refractivity contribution in [3.8, 4) is 5.75 Å². The number of benzene rings is 1. The van der Waals surface area contributed by atoms with E-state index >= 15 is 0 Å². The molecule has 20 heavy (non-hydrogen) atoms. The summed E-state index contributed by atoms with van der Waals surface area (Å²) in [6, 6.07) is 7.27. The molecule has 5 heteroatoms. The summed E-state index contributed by atoms with van der Waals surface area (Å²) < 4.78 is 5.30. The summed E-state index contributed by atoms with van der Waals surface area (Å²) in [6.45, 7) is -0.225. The molecule has 1 saturated carbocycles. The van der Waals surface area contributed by atoms with Crippen LogP contribution < -0.4 is 4.74 Å². The Hall–Kier alpha value is -1.91. The Bertz CT molecular complexity index is 500. The molecule has 1 aliphatic rings. The number of carbonyl (C=O) groups excluding carboxylic acids is 1. The number of nitro groups is 1. The van der Waals surface area contributed by atoms with Gasteiger partial charge in [-0.1, -0.05) is 24.6 Å². The van der Waals surface area contributed by atoms with Gasteiger partial charge in [-0.15, -0.1) is 0 Å². The molecule has 0 bridgehead atoms. The van der Waals surface area contributed by atoms with Gasteiger partial charge in [0.2, 0.25) is 6.54 Å². The largest absolute Gasteiger partial charge is 0.496 e. The number of ether oxygens (including phenoxy) is 1. The molecule has 108 valence electrons. The molecule has 0 spiro atoms. The van der Waals surface area contributed by atoms with Crippen LogP contribution in [0.1, 0.15) is 37.2 Å². The van der Waals surface area contributed by atoms with E-state index in [0.29, 0.717) is 12.2 Å². The molecule has 1 aromatic rings. The van der Waals surface area contributed by atoms with Gasteiger partial charge in [-0.25, -0.2) is 0 Å². The fraction of sp³-hybridized carbons (Fsp3) is 0.533. The van der Waals surface area contributed by atoms with E-state index in [-0.39, 0.29) is 23.2 Å². The summed E-state index contributed by atoms with van der Waals surface area (Å²) in [4.78, 5) is 22.8. The van der Waals surface area contributed by atoms with E-state index in [9.17, 15) is 14.9 Å². The molecule has 0 unspecified atom stereocenters. The zero-order chi connectivity index (χ0) is 14.5. The van der Waals surface area contributed by atoms with Crippen LogP contribution in [0.25, 0.3) is 0 Å². The zero-order valence-electron chi connectivity index (χ0n) is 11.6. The van der Waals surface area contributed by atoms with Crippen LogP contribution in [0.2, 0.25) is 0 Å². The minimum atomic E-state index is -0.394. The van der Waals surface area contributed by atoms with E-state index in [2.05, 4.69) is 0 Å². The monoisotopic (exact) mass is 277 g/mol. The van der Waals surface area contributed by atoms with Crippen molar-refractivity contribution in [2.75, 3.05) is 13.7 Å². The number of para-hydroxylation sites is 1. The molecular weight excluding hydrogens is 258 g/mol. The van der Waals surface area contributed by atoms with Crippen LogP contribution in [0.15, 0.2) is 24.3 Å². The van der Waals surface area contributed by atoms with E-state index in [0.717, 1.165) is 24.8 Å². The Morgan fingerprint density at radius 2 is 2.15 bits per heavy atom. The highest BCUT2D eigenvalue weighted by Crippen LogP contribution is 2.37. The van der Waals surface area contributed by atoms with Crippen molar-refractivity contribution >= 4 is 5.78 Å². The van der Waals surface area contributed by atoms with Crippen molar-refractivity contribution in [1.82, 2.24) is 0 Å². The second-order valence-electron chi connectivity index (χ2n) is 5.18. The van der Waals surface area contributed by atoms with Gasteiger partial charge in [0.05, 0.1) is 13.0 Å². The van der Waals surface area contributed by atoms with Gasteiger partial charge in [0.25, 0.3) is 0 Å². The maximum Gasteiger partial charge on any atom is 0.211 e. The topological polar surface area (TPSA) is 69.4 Å². The van der Waals surface area contributed by atoms with Crippen molar-refractivity contribution < 1.29 is 14.5 Å². The highest BCUT2D eigenvalue weighted by molar-refractivity contribution is 5.82. The van der Waals surface area contributed by atoms with Crippen LogP contribution in [0.3, 0.4) is 0 Å². The van der Waals surface area contributed by atoms with E-state index in [1.54, 1.807) is 13.2 Å². The molecule has 1 aromatic carbocycles. The Balaban J connectivity index is 2.35. The van der Waals surface area contributed by atoms with Gasteiger partial charge >= 0.3 is 0 Å². The number of rotatable bonds is 5. The second kappa shape index (κ2) is 6.50. The van der Waals surface area contributed by atoms with Crippen molar-refractivity contribution in [2.24, 2.45) is 5.92 Å². The smallest absolute Gasteiger partial charge is 0.211 e. The van der Waals surface area contributed by atoms with Gasteiger partial charge in [0.1, 0.15) is 11.5 Å².